The van der Waals surface area contributed by atoms with E-state index in [0.29, 0.717) is 6.04 Å². The second-order valence-electron chi connectivity index (χ2n) is 5.99. The Kier molecular flexibility index (Phi) is 5.99. The van der Waals surface area contributed by atoms with Gasteiger partial charge in [-0.15, -0.1) is 0 Å². The zero-order chi connectivity index (χ0) is 14.4. The van der Waals surface area contributed by atoms with E-state index in [1.165, 1.54) is 31.5 Å². The van der Waals surface area contributed by atoms with Crippen molar-refractivity contribution in [2.75, 3.05) is 26.2 Å². The van der Waals surface area contributed by atoms with Gasteiger partial charge in [-0.1, -0.05) is 26.0 Å². The number of hydrogen-bond donors (Lipinski definition) is 1. The highest BCUT2D eigenvalue weighted by atomic mass is 19.1. The molecule has 0 bridgehead atoms. The minimum absolute atomic E-state index is 0.161. The molecule has 1 N–H and O–H groups in total. The van der Waals surface area contributed by atoms with E-state index in [9.17, 15) is 4.39 Å². The summed E-state index contributed by atoms with van der Waals surface area (Å²) in [5, 5.41) is 3.60. The van der Waals surface area contributed by atoms with Crippen molar-refractivity contribution in [2.45, 2.75) is 39.2 Å². The molecule has 20 heavy (non-hydrogen) atoms. The summed E-state index contributed by atoms with van der Waals surface area (Å²) in [6.45, 7) is 9.10. The van der Waals surface area contributed by atoms with Gasteiger partial charge in [-0.25, -0.2) is 4.39 Å². The van der Waals surface area contributed by atoms with Crippen LogP contribution in [0.1, 0.15) is 44.7 Å². The highest BCUT2D eigenvalue weighted by molar-refractivity contribution is 5.19. The average Bonchev–Trinajstić information content (AvgIpc) is 2.47. The molecule has 1 fully saturated rings. The number of hydrogen-bond acceptors (Lipinski definition) is 2. The fourth-order valence-electron chi connectivity index (χ4n) is 2.88. The maximum absolute atomic E-state index is 13.0. The van der Waals surface area contributed by atoms with Crippen LogP contribution >= 0.6 is 0 Å². The lowest BCUT2D eigenvalue weighted by atomic mass is 9.99. The lowest BCUT2D eigenvalue weighted by molar-refractivity contribution is 0.191. The molecule has 2 rings (SSSR count). The number of benzene rings is 1. The van der Waals surface area contributed by atoms with Gasteiger partial charge in [0.25, 0.3) is 0 Å². The Hall–Kier alpha value is -0.930. The molecule has 0 aromatic heterocycles. The molecule has 3 heteroatoms. The van der Waals surface area contributed by atoms with Crippen molar-refractivity contribution in [3.63, 3.8) is 0 Å². The van der Waals surface area contributed by atoms with Crippen molar-refractivity contribution in [1.29, 1.82) is 0 Å². The van der Waals surface area contributed by atoms with Crippen LogP contribution < -0.4 is 5.32 Å². The molecule has 1 aromatic carbocycles. The van der Waals surface area contributed by atoms with Crippen LogP contribution in [0.15, 0.2) is 24.3 Å². The number of halogens is 1. The van der Waals surface area contributed by atoms with Gasteiger partial charge in [0, 0.05) is 19.1 Å². The van der Waals surface area contributed by atoms with Gasteiger partial charge < -0.3 is 10.2 Å². The Morgan fingerprint density at radius 3 is 2.50 bits per heavy atom. The first-order chi connectivity index (χ1) is 9.69. The Morgan fingerprint density at radius 1 is 1.25 bits per heavy atom. The van der Waals surface area contributed by atoms with Crippen molar-refractivity contribution >= 4 is 0 Å². The fourth-order valence-corrected chi connectivity index (χ4v) is 2.88. The van der Waals surface area contributed by atoms with E-state index in [4.69, 9.17) is 0 Å². The zero-order valence-electron chi connectivity index (χ0n) is 12.7. The number of nitrogens with zero attached hydrogens (tertiary/aromatic N) is 1. The van der Waals surface area contributed by atoms with Crippen LogP contribution in [0.2, 0.25) is 0 Å². The molecule has 1 heterocycles. The van der Waals surface area contributed by atoms with Crippen LogP contribution in [0.25, 0.3) is 0 Å². The van der Waals surface area contributed by atoms with Crippen molar-refractivity contribution in [3.8, 4) is 0 Å². The van der Waals surface area contributed by atoms with Crippen molar-refractivity contribution < 1.29 is 4.39 Å². The third-order valence-corrected chi connectivity index (χ3v) is 4.38. The minimum atomic E-state index is -0.161. The maximum atomic E-state index is 13.0. The number of nitrogens with one attached hydrogen (secondary N) is 1. The molecule has 2 nitrogen and oxygen atoms in total. The van der Waals surface area contributed by atoms with Crippen LogP contribution in [0.3, 0.4) is 0 Å². The molecule has 1 unspecified atom stereocenters. The highest BCUT2D eigenvalue weighted by Crippen LogP contribution is 2.18. The third-order valence-electron chi connectivity index (χ3n) is 4.38. The minimum Gasteiger partial charge on any atom is -0.309 e. The first-order valence-electron chi connectivity index (χ1n) is 7.90. The first kappa shape index (κ1) is 15.5. The topological polar surface area (TPSA) is 15.3 Å². The molecule has 1 aromatic rings. The summed E-state index contributed by atoms with van der Waals surface area (Å²) < 4.78 is 13.0. The molecule has 1 aliphatic heterocycles. The van der Waals surface area contributed by atoms with Crippen molar-refractivity contribution in [3.05, 3.63) is 35.6 Å². The third kappa shape index (κ3) is 4.57. The van der Waals surface area contributed by atoms with E-state index in [1.54, 1.807) is 12.1 Å². The Bertz CT molecular complexity index is 382. The smallest absolute Gasteiger partial charge is 0.123 e. The monoisotopic (exact) mass is 278 g/mol. The van der Waals surface area contributed by atoms with Crippen molar-refractivity contribution in [1.82, 2.24) is 10.2 Å². The van der Waals surface area contributed by atoms with Crippen LogP contribution in [0.4, 0.5) is 4.39 Å². The Morgan fingerprint density at radius 2 is 1.90 bits per heavy atom. The van der Waals surface area contributed by atoms with Gasteiger partial charge in [0.1, 0.15) is 5.82 Å². The number of likely N-dealkylation sites (tertiary alicyclic amines) is 1. The van der Waals surface area contributed by atoms with E-state index in [2.05, 4.69) is 24.1 Å². The van der Waals surface area contributed by atoms with E-state index >= 15 is 0 Å². The van der Waals surface area contributed by atoms with E-state index < -0.39 is 0 Å². The van der Waals surface area contributed by atoms with Gasteiger partial charge in [-0.05, 0) is 56.0 Å². The highest BCUT2D eigenvalue weighted by Gasteiger charge is 2.15. The largest absolute Gasteiger partial charge is 0.309 e. The molecule has 112 valence electrons. The summed E-state index contributed by atoms with van der Waals surface area (Å²) in [5.74, 6) is 0.729. The van der Waals surface area contributed by atoms with E-state index in [-0.39, 0.29) is 5.82 Å². The molecular formula is C17H27FN2. The van der Waals surface area contributed by atoms with Gasteiger partial charge >= 0.3 is 0 Å². The van der Waals surface area contributed by atoms with Gasteiger partial charge in [0.15, 0.2) is 0 Å². The van der Waals surface area contributed by atoms with Gasteiger partial charge in [0.05, 0.1) is 0 Å². The maximum Gasteiger partial charge on any atom is 0.123 e. The normalized spacial score (nSPS) is 19.1. The summed E-state index contributed by atoms with van der Waals surface area (Å²) in [7, 11) is 0. The van der Waals surface area contributed by atoms with Crippen LogP contribution in [0.5, 0.6) is 0 Å². The van der Waals surface area contributed by atoms with Gasteiger partial charge in [-0.2, -0.15) is 0 Å². The SMILES string of the molecule is CCC(NCCN1CCC(C)CC1)c1ccc(F)cc1. The predicted octanol–water partition coefficient (Wildman–Crippen LogP) is 3.60. The summed E-state index contributed by atoms with van der Waals surface area (Å²) in [6, 6.07) is 7.20. The van der Waals surface area contributed by atoms with Crippen molar-refractivity contribution in [2.24, 2.45) is 5.92 Å². The second-order valence-corrected chi connectivity index (χ2v) is 5.99. The molecule has 0 radical (unpaired) electrons. The quantitative estimate of drug-likeness (QED) is 0.855. The zero-order valence-corrected chi connectivity index (χ0v) is 12.7. The lowest BCUT2D eigenvalue weighted by Crippen LogP contribution is -2.38. The molecule has 1 atom stereocenters. The fraction of sp³-hybridized carbons (Fsp3) is 0.647. The summed E-state index contributed by atoms with van der Waals surface area (Å²) in [5.41, 5.74) is 1.18. The Balaban J connectivity index is 1.75. The van der Waals surface area contributed by atoms with Crippen LogP contribution in [0, 0.1) is 11.7 Å². The first-order valence-corrected chi connectivity index (χ1v) is 7.90. The summed E-state index contributed by atoms with van der Waals surface area (Å²) >= 11 is 0. The molecule has 0 aliphatic carbocycles. The molecule has 0 saturated carbocycles. The molecule has 1 saturated heterocycles. The number of rotatable bonds is 6. The second kappa shape index (κ2) is 7.75. The predicted molar refractivity (Wildman–Crippen MR) is 82.3 cm³/mol. The van der Waals surface area contributed by atoms with E-state index in [1.807, 2.05) is 12.1 Å². The van der Waals surface area contributed by atoms with Gasteiger partial charge in [-0.3, -0.25) is 0 Å². The average molecular weight is 278 g/mol. The van der Waals surface area contributed by atoms with Gasteiger partial charge in [0.2, 0.25) is 0 Å². The lowest BCUT2D eigenvalue weighted by Gasteiger charge is -2.30. The molecule has 1 aliphatic rings. The molecule has 0 spiro atoms. The number of piperidine rings is 1. The molecule has 0 amide bonds. The Labute approximate surface area is 122 Å². The summed E-state index contributed by atoms with van der Waals surface area (Å²) in [4.78, 5) is 2.55. The standard InChI is InChI=1S/C17H27FN2/c1-3-17(15-4-6-16(18)7-5-15)19-10-13-20-11-8-14(2)9-12-20/h4-7,14,17,19H,3,8-13H2,1-2H3. The van der Waals surface area contributed by atoms with E-state index in [0.717, 1.165) is 25.4 Å². The van der Waals surface area contributed by atoms with Crippen LogP contribution in [-0.2, 0) is 0 Å². The molecular weight excluding hydrogens is 251 g/mol. The van der Waals surface area contributed by atoms with Crippen LogP contribution in [-0.4, -0.2) is 31.1 Å². The summed E-state index contributed by atoms with van der Waals surface area (Å²) in [6.07, 6.45) is 3.69.